The molecule has 0 saturated heterocycles. The first-order valence-corrected chi connectivity index (χ1v) is 6.64. The summed E-state index contributed by atoms with van der Waals surface area (Å²) in [6, 6.07) is 12.6. The highest BCUT2D eigenvalue weighted by Crippen LogP contribution is 2.29. The molecule has 0 heterocycles. The van der Waals surface area contributed by atoms with Gasteiger partial charge in [-0.15, -0.1) is 0 Å². The third-order valence-corrected chi connectivity index (χ3v) is 3.17. The SMILES string of the molecule is COc1cc(C(C)=O)ccc1OCc1ccc(CO)cc1. The van der Waals surface area contributed by atoms with Crippen LogP contribution in [0.5, 0.6) is 11.5 Å². The number of benzene rings is 2. The predicted molar refractivity (Wildman–Crippen MR) is 79.7 cm³/mol. The number of hydrogen-bond acceptors (Lipinski definition) is 4. The van der Waals surface area contributed by atoms with E-state index in [2.05, 4.69) is 0 Å². The van der Waals surface area contributed by atoms with Crippen LogP contribution in [0.4, 0.5) is 0 Å². The summed E-state index contributed by atoms with van der Waals surface area (Å²) in [5.41, 5.74) is 2.44. The Balaban J connectivity index is 2.09. The van der Waals surface area contributed by atoms with Crippen molar-refractivity contribution in [2.75, 3.05) is 7.11 Å². The van der Waals surface area contributed by atoms with Gasteiger partial charge in [-0.05, 0) is 36.2 Å². The molecule has 0 aromatic heterocycles. The molecule has 0 radical (unpaired) electrons. The van der Waals surface area contributed by atoms with Crippen LogP contribution in [0, 0.1) is 0 Å². The van der Waals surface area contributed by atoms with Gasteiger partial charge in [-0.3, -0.25) is 4.79 Å². The van der Waals surface area contributed by atoms with Crippen molar-refractivity contribution in [1.82, 2.24) is 0 Å². The van der Waals surface area contributed by atoms with E-state index in [-0.39, 0.29) is 12.4 Å². The van der Waals surface area contributed by atoms with Crippen LogP contribution in [0.2, 0.25) is 0 Å². The number of hydrogen-bond donors (Lipinski definition) is 1. The fourth-order valence-corrected chi connectivity index (χ4v) is 1.91. The summed E-state index contributed by atoms with van der Waals surface area (Å²) in [7, 11) is 1.54. The van der Waals surface area contributed by atoms with Crippen molar-refractivity contribution in [2.45, 2.75) is 20.1 Å². The van der Waals surface area contributed by atoms with Crippen molar-refractivity contribution in [2.24, 2.45) is 0 Å². The maximum atomic E-state index is 11.3. The Hall–Kier alpha value is -2.33. The summed E-state index contributed by atoms with van der Waals surface area (Å²) < 4.78 is 11.0. The molecule has 0 fully saturated rings. The lowest BCUT2D eigenvalue weighted by Gasteiger charge is -2.11. The zero-order valence-corrected chi connectivity index (χ0v) is 12.1. The second kappa shape index (κ2) is 6.90. The highest BCUT2D eigenvalue weighted by Gasteiger charge is 2.08. The van der Waals surface area contributed by atoms with Crippen molar-refractivity contribution >= 4 is 5.78 Å². The quantitative estimate of drug-likeness (QED) is 0.829. The molecule has 4 heteroatoms. The van der Waals surface area contributed by atoms with Gasteiger partial charge < -0.3 is 14.6 Å². The van der Waals surface area contributed by atoms with E-state index < -0.39 is 0 Å². The van der Waals surface area contributed by atoms with Gasteiger partial charge in [-0.2, -0.15) is 0 Å². The molecule has 0 spiro atoms. The van der Waals surface area contributed by atoms with Crippen molar-refractivity contribution in [3.63, 3.8) is 0 Å². The van der Waals surface area contributed by atoms with E-state index in [1.165, 1.54) is 6.92 Å². The molecule has 0 aliphatic heterocycles. The number of Topliss-reactive ketones (excluding diaryl/α,β-unsaturated/α-hetero) is 1. The number of ether oxygens (including phenoxy) is 2. The Bertz CT molecular complexity index is 617. The Kier molecular flexibility index (Phi) is 4.95. The highest BCUT2D eigenvalue weighted by molar-refractivity contribution is 5.94. The second-order valence-electron chi connectivity index (χ2n) is 4.69. The van der Waals surface area contributed by atoms with E-state index in [0.717, 1.165) is 11.1 Å². The molecule has 110 valence electrons. The highest BCUT2D eigenvalue weighted by atomic mass is 16.5. The van der Waals surface area contributed by atoms with Crippen molar-refractivity contribution in [1.29, 1.82) is 0 Å². The normalized spacial score (nSPS) is 10.2. The summed E-state index contributed by atoms with van der Waals surface area (Å²) in [6.45, 7) is 1.93. The Labute approximate surface area is 123 Å². The number of ketones is 1. The fourth-order valence-electron chi connectivity index (χ4n) is 1.91. The number of carbonyl (C=O) groups excluding carboxylic acids is 1. The molecule has 0 bridgehead atoms. The lowest BCUT2D eigenvalue weighted by Crippen LogP contribution is -2.00. The van der Waals surface area contributed by atoms with Gasteiger partial charge in [0, 0.05) is 5.56 Å². The summed E-state index contributed by atoms with van der Waals surface area (Å²) in [4.78, 5) is 11.3. The van der Waals surface area contributed by atoms with Gasteiger partial charge in [-0.1, -0.05) is 24.3 Å². The minimum atomic E-state index is -0.0144. The molecule has 0 unspecified atom stereocenters. The van der Waals surface area contributed by atoms with Gasteiger partial charge in [0.25, 0.3) is 0 Å². The van der Waals surface area contributed by atoms with Gasteiger partial charge >= 0.3 is 0 Å². The average Bonchev–Trinajstić information content (AvgIpc) is 2.53. The first-order valence-electron chi connectivity index (χ1n) is 6.64. The minimum absolute atomic E-state index is 0.0144. The molecule has 2 rings (SSSR count). The van der Waals surface area contributed by atoms with Gasteiger partial charge in [0.1, 0.15) is 6.61 Å². The number of rotatable bonds is 6. The largest absolute Gasteiger partial charge is 0.493 e. The Morgan fingerprint density at radius 2 is 1.71 bits per heavy atom. The zero-order chi connectivity index (χ0) is 15.2. The van der Waals surface area contributed by atoms with Crippen LogP contribution < -0.4 is 9.47 Å². The fraction of sp³-hybridized carbons (Fsp3) is 0.235. The zero-order valence-electron chi connectivity index (χ0n) is 12.1. The Morgan fingerprint density at radius 1 is 1.05 bits per heavy atom. The number of methoxy groups -OCH3 is 1. The van der Waals surface area contributed by atoms with Crippen molar-refractivity contribution in [3.8, 4) is 11.5 Å². The van der Waals surface area contributed by atoms with E-state index in [0.29, 0.717) is 23.7 Å². The first kappa shape index (κ1) is 15.1. The molecular formula is C17H18O4. The molecule has 0 amide bonds. The summed E-state index contributed by atoms with van der Waals surface area (Å²) in [6.07, 6.45) is 0. The molecule has 21 heavy (non-hydrogen) atoms. The first-order chi connectivity index (χ1) is 10.1. The number of carbonyl (C=O) groups is 1. The van der Waals surface area contributed by atoms with Gasteiger partial charge in [0.2, 0.25) is 0 Å². The smallest absolute Gasteiger partial charge is 0.161 e. The molecule has 4 nitrogen and oxygen atoms in total. The van der Waals surface area contributed by atoms with E-state index in [1.54, 1.807) is 25.3 Å². The van der Waals surface area contributed by atoms with Crippen LogP contribution in [-0.4, -0.2) is 18.0 Å². The van der Waals surface area contributed by atoms with Gasteiger partial charge in [-0.25, -0.2) is 0 Å². The summed E-state index contributed by atoms with van der Waals surface area (Å²) in [5, 5.41) is 9.00. The molecule has 0 saturated carbocycles. The Morgan fingerprint density at radius 3 is 2.29 bits per heavy atom. The third kappa shape index (κ3) is 3.83. The average molecular weight is 286 g/mol. The van der Waals surface area contributed by atoms with Crippen LogP contribution in [0.3, 0.4) is 0 Å². The third-order valence-electron chi connectivity index (χ3n) is 3.17. The molecule has 2 aromatic carbocycles. The predicted octanol–water partition coefficient (Wildman–Crippen LogP) is 2.97. The molecule has 1 N–H and O–H groups in total. The lowest BCUT2D eigenvalue weighted by atomic mass is 10.1. The van der Waals surface area contributed by atoms with E-state index in [4.69, 9.17) is 14.6 Å². The maximum Gasteiger partial charge on any atom is 0.161 e. The second-order valence-corrected chi connectivity index (χ2v) is 4.69. The van der Waals surface area contributed by atoms with Crippen molar-refractivity contribution < 1.29 is 19.4 Å². The van der Waals surface area contributed by atoms with Gasteiger partial charge in [0.05, 0.1) is 13.7 Å². The summed E-state index contributed by atoms with van der Waals surface area (Å²) >= 11 is 0. The number of aliphatic hydroxyl groups excluding tert-OH is 1. The van der Waals surface area contributed by atoms with Crippen LogP contribution >= 0.6 is 0 Å². The van der Waals surface area contributed by atoms with Crippen LogP contribution in [0.1, 0.15) is 28.4 Å². The molecule has 0 atom stereocenters. The van der Waals surface area contributed by atoms with E-state index >= 15 is 0 Å². The number of aliphatic hydroxyl groups is 1. The van der Waals surface area contributed by atoms with Gasteiger partial charge in [0.15, 0.2) is 17.3 Å². The molecular weight excluding hydrogens is 268 g/mol. The van der Waals surface area contributed by atoms with Crippen LogP contribution in [0.25, 0.3) is 0 Å². The lowest BCUT2D eigenvalue weighted by molar-refractivity contribution is 0.101. The van der Waals surface area contributed by atoms with Crippen LogP contribution in [0.15, 0.2) is 42.5 Å². The monoisotopic (exact) mass is 286 g/mol. The topological polar surface area (TPSA) is 55.8 Å². The molecule has 2 aromatic rings. The molecule has 0 aliphatic rings. The van der Waals surface area contributed by atoms with Crippen LogP contribution in [-0.2, 0) is 13.2 Å². The van der Waals surface area contributed by atoms with E-state index in [1.807, 2.05) is 24.3 Å². The standard InChI is InChI=1S/C17H18O4/c1-12(19)15-7-8-16(17(9-15)20-2)21-11-14-5-3-13(10-18)4-6-14/h3-9,18H,10-11H2,1-2H3. The summed E-state index contributed by atoms with van der Waals surface area (Å²) in [5.74, 6) is 1.11. The van der Waals surface area contributed by atoms with Crippen molar-refractivity contribution in [3.05, 3.63) is 59.2 Å². The minimum Gasteiger partial charge on any atom is -0.493 e. The molecule has 0 aliphatic carbocycles. The maximum absolute atomic E-state index is 11.3. The van der Waals surface area contributed by atoms with E-state index in [9.17, 15) is 4.79 Å².